The number of aliphatic carboxylic acids is 1. The molecular weight excluding hydrogens is 286 g/mol. The number of carbonyl (C=O) groups is 2. The van der Waals surface area contributed by atoms with Crippen molar-refractivity contribution in [2.24, 2.45) is 0 Å². The number of aliphatic hydroxyl groups excluding tert-OH is 1. The summed E-state index contributed by atoms with van der Waals surface area (Å²) in [4.78, 5) is 27.2. The lowest BCUT2D eigenvalue weighted by molar-refractivity contribution is -0.131. The third kappa shape index (κ3) is 5.27. The van der Waals surface area contributed by atoms with Gasteiger partial charge in [0.2, 0.25) is 0 Å². The van der Waals surface area contributed by atoms with Gasteiger partial charge in [-0.2, -0.15) is 0 Å². The number of rotatable bonds is 7. The summed E-state index contributed by atoms with van der Waals surface area (Å²) in [6, 6.07) is 2.93. The molecule has 6 nitrogen and oxygen atoms in total. The predicted octanol–water partition coefficient (Wildman–Crippen LogP) is 0.879. The molecule has 21 heavy (non-hydrogen) atoms. The number of aliphatic hydroxyl groups is 1. The van der Waals surface area contributed by atoms with Crippen molar-refractivity contribution in [3.8, 4) is 0 Å². The maximum absolute atomic E-state index is 12.5. The Hall–Kier alpha value is -2.35. The molecule has 114 valence electrons. The molecular formula is C13H14F2N2O4. The number of hydrogen-bond donors (Lipinski definition) is 2. The van der Waals surface area contributed by atoms with Crippen LogP contribution in [-0.4, -0.2) is 58.1 Å². The van der Waals surface area contributed by atoms with Gasteiger partial charge in [0.15, 0.2) is 0 Å². The highest BCUT2D eigenvalue weighted by atomic mass is 19.3. The molecule has 0 radical (unpaired) electrons. The Morgan fingerprint density at radius 2 is 2.14 bits per heavy atom. The number of amides is 1. The average Bonchev–Trinajstić information content (AvgIpc) is 2.43. The lowest BCUT2D eigenvalue weighted by Gasteiger charge is -2.21. The maximum Gasteiger partial charge on any atom is 0.328 e. The van der Waals surface area contributed by atoms with Crippen molar-refractivity contribution in [1.29, 1.82) is 0 Å². The highest BCUT2D eigenvalue weighted by Gasteiger charge is 2.22. The van der Waals surface area contributed by atoms with E-state index in [1.165, 1.54) is 18.3 Å². The van der Waals surface area contributed by atoms with Crippen LogP contribution in [0, 0.1) is 0 Å². The summed E-state index contributed by atoms with van der Waals surface area (Å²) in [5, 5.41) is 17.4. The van der Waals surface area contributed by atoms with Crippen molar-refractivity contribution >= 4 is 18.0 Å². The van der Waals surface area contributed by atoms with E-state index in [-0.39, 0.29) is 17.8 Å². The molecule has 0 aromatic carbocycles. The zero-order valence-corrected chi connectivity index (χ0v) is 10.9. The van der Waals surface area contributed by atoms with E-state index in [2.05, 4.69) is 4.98 Å². The molecule has 0 aliphatic heterocycles. The number of nitrogens with zero attached hydrogens (tertiary/aromatic N) is 2. The van der Waals surface area contributed by atoms with Crippen LogP contribution in [0.15, 0.2) is 24.4 Å². The van der Waals surface area contributed by atoms with Gasteiger partial charge in [-0.1, -0.05) is 6.07 Å². The number of halogens is 2. The van der Waals surface area contributed by atoms with Gasteiger partial charge < -0.3 is 15.1 Å². The van der Waals surface area contributed by atoms with Gasteiger partial charge in [0.25, 0.3) is 12.3 Å². The molecule has 0 bridgehead atoms. The molecule has 0 aliphatic rings. The monoisotopic (exact) mass is 300 g/mol. The summed E-state index contributed by atoms with van der Waals surface area (Å²) < 4.78 is 24.9. The summed E-state index contributed by atoms with van der Waals surface area (Å²) in [5.74, 6) is -2.01. The summed E-state index contributed by atoms with van der Waals surface area (Å²) >= 11 is 0. The second-order valence-electron chi connectivity index (χ2n) is 3.98. The van der Waals surface area contributed by atoms with Crippen LogP contribution in [0.1, 0.15) is 16.1 Å². The molecule has 1 amide bonds. The molecule has 1 aromatic rings. The summed E-state index contributed by atoms with van der Waals surface area (Å²) in [7, 11) is 0. The fourth-order valence-corrected chi connectivity index (χ4v) is 1.60. The van der Waals surface area contributed by atoms with E-state index in [1.54, 1.807) is 0 Å². The first-order valence-corrected chi connectivity index (χ1v) is 6.00. The van der Waals surface area contributed by atoms with Crippen LogP contribution in [0.25, 0.3) is 6.08 Å². The van der Waals surface area contributed by atoms with Gasteiger partial charge in [0, 0.05) is 24.4 Å². The quantitative estimate of drug-likeness (QED) is 0.729. The number of carboxylic acids is 1. The average molecular weight is 300 g/mol. The third-order valence-corrected chi connectivity index (χ3v) is 2.46. The van der Waals surface area contributed by atoms with Crippen LogP contribution in [-0.2, 0) is 4.79 Å². The van der Waals surface area contributed by atoms with E-state index in [0.717, 1.165) is 17.1 Å². The zero-order chi connectivity index (χ0) is 15.8. The fourth-order valence-electron chi connectivity index (χ4n) is 1.60. The van der Waals surface area contributed by atoms with Crippen LogP contribution in [0.5, 0.6) is 0 Å². The van der Waals surface area contributed by atoms with Gasteiger partial charge in [-0.25, -0.2) is 13.6 Å². The fraction of sp³-hybridized carbons (Fsp3) is 0.308. The highest BCUT2D eigenvalue weighted by Crippen LogP contribution is 2.12. The van der Waals surface area contributed by atoms with Crippen molar-refractivity contribution in [1.82, 2.24) is 9.88 Å². The van der Waals surface area contributed by atoms with Crippen molar-refractivity contribution in [2.75, 3.05) is 19.7 Å². The smallest absolute Gasteiger partial charge is 0.328 e. The molecule has 1 rings (SSSR count). The molecule has 0 spiro atoms. The van der Waals surface area contributed by atoms with Crippen molar-refractivity contribution in [3.63, 3.8) is 0 Å². The molecule has 0 aliphatic carbocycles. The second kappa shape index (κ2) is 8.05. The van der Waals surface area contributed by atoms with Gasteiger partial charge in [-0.15, -0.1) is 0 Å². The standard InChI is InChI=1S/C13H14F2N2O4/c14-10(15)8-17(6-7-18)13(21)12-9(2-1-5-16-12)3-4-11(19)20/h1-5,10,18H,6-8H2,(H,19,20)/b4-3+. The molecule has 0 saturated carbocycles. The van der Waals surface area contributed by atoms with E-state index in [4.69, 9.17) is 10.2 Å². The van der Waals surface area contributed by atoms with Gasteiger partial charge in [0.05, 0.1) is 13.2 Å². The van der Waals surface area contributed by atoms with Crippen LogP contribution >= 0.6 is 0 Å². The Bertz CT molecular complexity index is 535. The van der Waals surface area contributed by atoms with Gasteiger partial charge in [-0.3, -0.25) is 9.78 Å². The summed E-state index contributed by atoms with van der Waals surface area (Å²) in [6.45, 7) is -1.56. The molecule has 1 heterocycles. The zero-order valence-electron chi connectivity index (χ0n) is 10.9. The van der Waals surface area contributed by atoms with Crippen molar-refractivity contribution in [3.05, 3.63) is 35.7 Å². The lowest BCUT2D eigenvalue weighted by Crippen LogP contribution is -2.38. The number of pyridine rings is 1. The molecule has 1 aromatic heterocycles. The predicted molar refractivity (Wildman–Crippen MR) is 69.9 cm³/mol. The number of alkyl halides is 2. The minimum absolute atomic E-state index is 0.149. The Labute approximate surface area is 119 Å². The number of aromatic nitrogens is 1. The number of carboxylic acid groups (broad SMARTS) is 1. The Morgan fingerprint density at radius 1 is 1.43 bits per heavy atom. The SMILES string of the molecule is O=C(O)/C=C/c1cccnc1C(=O)N(CCO)CC(F)F. The molecule has 8 heteroatoms. The van der Waals surface area contributed by atoms with E-state index in [1.807, 2.05) is 0 Å². The maximum atomic E-state index is 12.5. The van der Waals surface area contributed by atoms with E-state index in [9.17, 15) is 18.4 Å². The summed E-state index contributed by atoms with van der Waals surface area (Å²) in [6.07, 6.45) is 0.520. The van der Waals surface area contributed by atoms with Crippen LogP contribution in [0.4, 0.5) is 8.78 Å². The van der Waals surface area contributed by atoms with Crippen LogP contribution < -0.4 is 0 Å². The molecule has 0 saturated heterocycles. The second-order valence-corrected chi connectivity index (χ2v) is 3.98. The van der Waals surface area contributed by atoms with Crippen LogP contribution in [0.3, 0.4) is 0 Å². The van der Waals surface area contributed by atoms with E-state index < -0.39 is 31.5 Å². The normalized spacial score (nSPS) is 11.0. The van der Waals surface area contributed by atoms with Gasteiger partial charge in [0.1, 0.15) is 5.69 Å². The topological polar surface area (TPSA) is 90.7 Å². The Kier molecular flexibility index (Phi) is 6.41. The summed E-state index contributed by atoms with van der Waals surface area (Å²) in [5.41, 5.74) is 0.0474. The first-order chi connectivity index (χ1) is 9.95. The minimum Gasteiger partial charge on any atom is -0.478 e. The van der Waals surface area contributed by atoms with Crippen molar-refractivity contribution in [2.45, 2.75) is 6.43 Å². The molecule has 0 atom stereocenters. The Morgan fingerprint density at radius 3 is 2.71 bits per heavy atom. The minimum atomic E-state index is -2.75. The van der Waals surface area contributed by atoms with E-state index >= 15 is 0 Å². The van der Waals surface area contributed by atoms with Gasteiger partial charge >= 0.3 is 5.97 Å². The van der Waals surface area contributed by atoms with Crippen molar-refractivity contribution < 1.29 is 28.6 Å². The molecule has 0 fully saturated rings. The first kappa shape index (κ1) is 16.7. The third-order valence-electron chi connectivity index (χ3n) is 2.46. The van der Waals surface area contributed by atoms with Gasteiger partial charge in [-0.05, 0) is 12.1 Å². The number of hydrogen-bond acceptors (Lipinski definition) is 4. The largest absolute Gasteiger partial charge is 0.478 e. The Balaban J connectivity index is 3.06. The number of carbonyl (C=O) groups excluding carboxylic acids is 1. The van der Waals surface area contributed by atoms with E-state index in [0.29, 0.717) is 0 Å². The molecule has 0 unspecified atom stereocenters. The first-order valence-electron chi connectivity index (χ1n) is 6.00. The van der Waals surface area contributed by atoms with Crippen LogP contribution in [0.2, 0.25) is 0 Å². The lowest BCUT2D eigenvalue weighted by atomic mass is 10.1. The highest BCUT2D eigenvalue weighted by molar-refractivity contribution is 5.97. The molecule has 2 N–H and O–H groups in total.